The Morgan fingerprint density at radius 3 is 2.59 bits per heavy atom. The fourth-order valence-electron chi connectivity index (χ4n) is 2.56. The highest BCUT2D eigenvalue weighted by molar-refractivity contribution is 7.80. The summed E-state index contributed by atoms with van der Waals surface area (Å²) in [5.41, 5.74) is -0.920. The van der Waals surface area contributed by atoms with Crippen LogP contribution in [-0.4, -0.2) is 22.0 Å². The Bertz CT molecular complexity index is 868. The van der Waals surface area contributed by atoms with Crippen molar-refractivity contribution in [3.63, 3.8) is 0 Å². The van der Waals surface area contributed by atoms with Crippen LogP contribution in [0, 0.1) is 5.82 Å². The van der Waals surface area contributed by atoms with E-state index in [0.717, 1.165) is 37.2 Å². The van der Waals surface area contributed by atoms with Gasteiger partial charge in [-0.05, 0) is 54.9 Å². The number of aromatic nitrogens is 1. The van der Waals surface area contributed by atoms with Gasteiger partial charge in [0.05, 0.1) is 11.3 Å². The molecule has 1 heterocycles. The second-order valence-corrected chi connectivity index (χ2v) is 6.60. The molecule has 1 aliphatic carbocycles. The zero-order valence-corrected chi connectivity index (χ0v) is 14.7. The molecule has 1 aromatic heterocycles. The molecule has 3 rings (SSSR count). The standard InChI is InChI=1S/C18H15F4N3OS/c19-12-3-1-2-10(8-12)15(16(26)25-17(27)24-13-4-5-13)14-9-11(6-7-23-14)18(20,21)22/h1-3,6-9,13,15H,4-5H2,(H2,24,25,26,27). The van der Waals surface area contributed by atoms with Crippen LogP contribution in [0.4, 0.5) is 17.6 Å². The molecule has 4 nitrogen and oxygen atoms in total. The van der Waals surface area contributed by atoms with Gasteiger partial charge in [-0.25, -0.2) is 4.39 Å². The summed E-state index contributed by atoms with van der Waals surface area (Å²) >= 11 is 5.06. The van der Waals surface area contributed by atoms with E-state index in [0.29, 0.717) is 0 Å². The van der Waals surface area contributed by atoms with Crippen molar-refractivity contribution >= 4 is 23.2 Å². The third kappa shape index (κ3) is 5.00. The molecule has 27 heavy (non-hydrogen) atoms. The zero-order chi connectivity index (χ0) is 19.6. The van der Waals surface area contributed by atoms with Gasteiger partial charge < -0.3 is 10.6 Å². The van der Waals surface area contributed by atoms with Crippen molar-refractivity contribution in [1.29, 1.82) is 0 Å². The number of pyridine rings is 1. The Labute approximate surface area is 158 Å². The minimum Gasteiger partial charge on any atom is -0.360 e. The van der Waals surface area contributed by atoms with Gasteiger partial charge in [0.15, 0.2) is 5.11 Å². The smallest absolute Gasteiger partial charge is 0.360 e. The Balaban J connectivity index is 1.94. The van der Waals surface area contributed by atoms with E-state index in [4.69, 9.17) is 12.2 Å². The molecule has 1 fully saturated rings. The number of amides is 1. The Morgan fingerprint density at radius 2 is 1.96 bits per heavy atom. The van der Waals surface area contributed by atoms with Crippen LogP contribution in [0.25, 0.3) is 0 Å². The summed E-state index contributed by atoms with van der Waals surface area (Å²) in [5.74, 6) is -2.55. The average molecular weight is 397 g/mol. The van der Waals surface area contributed by atoms with Crippen LogP contribution in [0.2, 0.25) is 0 Å². The van der Waals surface area contributed by atoms with Crippen LogP contribution in [0.1, 0.15) is 35.6 Å². The lowest BCUT2D eigenvalue weighted by Gasteiger charge is -2.19. The third-order valence-corrected chi connectivity index (χ3v) is 4.22. The topological polar surface area (TPSA) is 54.0 Å². The van der Waals surface area contributed by atoms with E-state index < -0.39 is 29.4 Å². The molecule has 1 aliphatic rings. The highest BCUT2D eigenvalue weighted by Gasteiger charge is 2.33. The summed E-state index contributed by atoms with van der Waals surface area (Å²) in [6.07, 6.45) is -1.76. The molecule has 0 radical (unpaired) electrons. The second-order valence-electron chi connectivity index (χ2n) is 6.19. The minimum absolute atomic E-state index is 0.0795. The third-order valence-electron chi connectivity index (χ3n) is 4.00. The number of thiocarbonyl (C=S) groups is 1. The second kappa shape index (κ2) is 7.59. The van der Waals surface area contributed by atoms with Gasteiger partial charge in [-0.15, -0.1) is 0 Å². The van der Waals surface area contributed by atoms with Crippen LogP contribution in [0.5, 0.6) is 0 Å². The highest BCUT2D eigenvalue weighted by atomic mass is 32.1. The van der Waals surface area contributed by atoms with Crippen molar-refractivity contribution in [2.45, 2.75) is 31.0 Å². The van der Waals surface area contributed by atoms with Crippen molar-refractivity contribution < 1.29 is 22.4 Å². The maximum atomic E-state index is 13.6. The molecule has 1 amide bonds. The fourth-order valence-corrected chi connectivity index (χ4v) is 2.83. The van der Waals surface area contributed by atoms with Crippen molar-refractivity contribution in [2.75, 3.05) is 0 Å². The van der Waals surface area contributed by atoms with Crippen LogP contribution in [0.15, 0.2) is 42.6 Å². The monoisotopic (exact) mass is 397 g/mol. The number of carbonyl (C=O) groups is 1. The predicted octanol–water partition coefficient (Wildman–Crippen LogP) is 3.52. The van der Waals surface area contributed by atoms with E-state index in [9.17, 15) is 22.4 Å². The SMILES string of the molecule is O=C(NC(=S)NC1CC1)C(c1cccc(F)c1)c1cc(C(F)(F)F)ccn1. The van der Waals surface area contributed by atoms with Gasteiger partial charge in [-0.1, -0.05) is 12.1 Å². The summed E-state index contributed by atoms with van der Waals surface area (Å²) in [6, 6.07) is 6.87. The molecule has 0 saturated heterocycles. The molecule has 142 valence electrons. The number of carbonyl (C=O) groups excluding carboxylic acids is 1. The fraction of sp³-hybridized carbons (Fsp3) is 0.278. The van der Waals surface area contributed by atoms with Crippen molar-refractivity contribution in [3.05, 3.63) is 65.2 Å². The van der Waals surface area contributed by atoms with Crippen molar-refractivity contribution in [1.82, 2.24) is 15.6 Å². The van der Waals surface area contributed by atoms with Crippen LogP contribution >= 0.6 is 12.2 Å². The molecule has 0 spiro atoms. The van der Waals surface area contributed by atoms with E-state index in [1.165, 1.54) is 18.2 Å². The number of nitrogens with zero attached hydrogens (tertiary/aromatic N) is 1. The van der Waals surface area contributed by atoms with E-state index in [1.54, 1.807) is 0 Å². The molecule has 2 N–H and O–H groups in total. The summed E-state index contributed by atoms with van der Waals surface area (Å²) in [6.45, 7) is 0. The summed E-state index contributed by atoms with van der Waals surface area (Å²) in [5, 5.41) is 5.46. The molecule has 1 unspecified atom stereocenters. The van der Waals surface area contributed by atoms with E-state index >= 15 is 0 Å². The first kappa shape index (κ1) is 19.2. The predicted molar refractivity (Wildman–Crippen MR) is 94.4 cm³/mol. The van der Waals surface area contributed by atoms with Gasteiger partial charge in [0.2, 0.25) is 5.91 Å². The number of hydrogen-bond acceptors (Lipinski definition) is 3. The Kier molecular flexibility index (Phi) is 5.41. The summed E-state index contributed by atoms with van der Waals surface area (Å²) in [7, 11) is 0. The van der Waals surface area contributed by atoms with Gasteiger partial charge in [-0.3, -0.25) is 9.78 Å². The van der Waals surface area contributed by atoms with E-state index in [2.05, 4.69) is 15.6 Å². The van der Waals surface area contributed by atoms with E-state index in [1.807, 2.05) is 0 Å². The number of nitrogens with one attached hydrogen (secondary N) is 2. The maximum absolute atomic E-state index is 13.6. The van der Waals surface area contributed by atoms with Crippen LogP contribution < -0.4 is 10.6 Å². The number of hydrogen-bond donors (Lipinski definition) is 2. The first-order chi connectivity index (χ1) is 12.7. The first-order valence-electron chi connectivity index (χ1n) is 8.14. The molecule has 0 bridgehead atoms. The number of alkyl halides is 3. The normalized spacial score (nSPS) is 15.1. The first-order valence-corrected chi connectivity index (χ1v) is 8.55. The number of rotatable bonds is 4. The molecule has 1 saturated carbocycles. The molecule has 0 aliphatic heterocycles. The van der Waals surface area contributed by atoms with Gasteiger partial charge in [0, 0.05) is 12.2 Å². The van der Waals surface area contributed by atoms with Gasteiger partial charge in [0.1, 0.15) is 11.7 Å². The quantitative estimate of drug-likeness (QED) is 0.612. The van der Waals surface area contributed by atoms with Crippen LogP contribution in [-0.2, 0) is 11.0 Å². The Morgan fingerprint density at radius 1 is 1.22 bits per heavy atom. The largest absolute Gasteiger partial charge is 0.416 e. The number of halogens is 4. The van der Waals surface area contributed by atoms with Crippen molar-refractivity contribution in [3.8, 4) is 0 Å². The molecular weight excluding hydrogens is 382 g/mol. The highest BCUT2D eigenvalue weighted by Crippen LogP contribution is 2.32. The van der Waals surface area contributed by atoms with Gasteiger partial charge in [0.25, 0.3) is 0 Å². The molecule has 2 aromatic rings. The average Bonchev–Trinajstić information content (AvgIpc) is 3.38. The van der Waals surface area contributed by atoms with E-state index in [-0.39, 0.29) is 22.4 Å². The van der Waals surface area contributed by atoms with Crippen molar-refractivity contribution in [2.24, 2.45) is 0 Å². The van der Waals surface area contributed by atoms with Gasteiger partial charge in [-0.2, -0.15) is 13.2 Å². The number of benzene rings is 1. The Hall–Kier alpha value is -2.55. The maximum Gasteiger partial charge on any atom is 0.416 e. The summed E-state index contributed by atoms with van der Waals surface area (Å²) < 4.78 is 52.8. The summed E-state index contributed by atoms with van der Waals surface area (Å²) in [4.78, 5) is 16.7. The van der Waals surface area contributed by atoms with Gasteiger partial charge >= 0.3 is 6.18 Å². The molecular formula is C18H15F4N3OS. The molecule has 9 heteroatoms. The molecule has 1 aromatic carbocycles. The lowest BCUT2D eigenvalue weighted by molar-refractivity contribution is -0.137. The molecule has 1 atom stereocenters. The lowest BCUT2D eigenvalue weighted by atomic mass is 9.93. The van der Waals surface area contributed by atoms with Crippen LogP contribution in [0.3, 0.4) is 0 Å². The zero-order valence-electron chi connectivity index (χ0n) is 13.9. The lowest BCUT2D eigenvalue weighted by Crippen LogP contribution is -2.42. The minimum atomic E-state index is -4.59.